The Morgan fingerprint density at radius 2 is 1.96 bits per heavy atom. The number of aryl methyl sites for hydroxylation is 2. The summed E-state index contributed by atoms with van der Waals surface area (Å²) in [6, 6.07) is 12.3. The quantitative estimate of drug-likeness (QED) is 0.710. The zero-order chi connectivity index (χ0) is 19.4. The highest BCUT2D eigenvalue weighted by Gasteiger charge is 2.20. The molecule has 0 aliphatic carbocycles. The third kappa shape index (κ3) is 5.08. The second-order valence-corrected chi connectivity index (χ2v) is 8.65. The van der Waals surface area contributed by atoms with Crippen LogP contribution in [0.15, 0.2) is 47.4 Å². The maximum Gasteiger partial charge on any atom is 0.262 e. The Hall–Kier alpha value is -2.38. The lowest BCUT2D eigenvalue weighted by atomic mass is 10.1. The first-order valence-electron chi connectivity index (χ1n) is 9.07. The molecule has 1 saturated heterocycles. The highest BCUT2D eigenvalue weighted by atomic mass is 32.2. The van der Waals surface area contributed by atoms with E-state index in [1.807, 2.05) is 13.0 Å². The monoisotopic (exact) mass is 387 g/mol. The first kappa shape index (κ1) is 19.4. The minimum atomic E-state index is -3.76. The third-order valence-corrected chi connectivity index (χ3v) is 6.15. The fourth-order valence-corrected chi connectivity index (χ4v) is 4.57. The SMILES string of the molecule is Cc1cccc(NS(=O)(=O)c2cc(NC(=O)CC3CCCN3)ccc2C)c1. The minimum absolute atomic E-state index is 0.117. The van der Waals surface area contributed by atoms with Gasteiger partial charge in [0, 0.05) is 23.8 Å². The summed E-state index contributed by atoms with van der Waals surface area (Å²) in [7, 11) is -3.76. The first-order chi connectivity index (χ1) is 12.8. The zero-order valence-electron chi connectivity index (χ0n) is 15.6. The maximum absolute atomic E-state index is 12.8. The van der Waals surface area contributed by atoms with Crippen LogP contribution >= 0.6 is 0 Å². The number of benzene rings is 2. The number of amides is 1. The van der Waals surface area contributed by atoms with E-state index >= 15 is 0 Å². The van der Waals surface area contributed by atoms with Crippen LogP contribution in [0.4, 0.5) is 11.4 Å². The van der Waals surface area contributed by atoms with Gasteiger partial charge in [0.1, 0.15) is 0 Å². The van der Waals surface area contributed by atoms with E-state index in [9.17, 15) is 13.2 Å². The summed E-state index contributed by atoms with van der Waals surface area (Å²) in [6.45, 7) is 4.58. The third-order valence-electron chi connectivity index (χ3n) is 4.63. The molecule has 1 heterocycles. The number of carbonyl (C=O) groups excluding carboxylic acids is 1. The molecule has 2 aromatic rings. The second kappa shape index (κ2) is 8.10. The number of carbonyl (C=O) groups is 1. The van der Waals surface area contributed by atoms with E-state index in [0.717, 1.165) is 24.9 Å². The van der Waals surface area contributed by atoms with Gasteiger partial charge in [-0.1, -0.05) is 18.2 Å². The van der Waals surface area contributed by atoms with Crippen molar-refractivity contribution in [1.29, 1.82) is 0 Å². The van der Waals surface area contributed by atoms with Gasteiger partial charge in [-0.15, -0.1) is 0 Å². The topological polar surface area (TPSA) is 87.3 Å². The van der Waals surface area contributed by atoms with Gasteiger partial charge in [0.15, 0.2) is 0 Å². The second-order valence-electron chi connectivity index (χ2n) is 7.00. The lowest BCUT2D eigenvalue weighted by Gasteiger charge is -2.14. The van der Waals surface area contributed by atoms with Crippen LogP contribution in [0.2, 0.25) is 0 Å². The van der Waals surface area contributed by atoms with Crippen molar-refractivity contribution in [2.24, 2.45) is 0 Å². The number of hydrogen-bond donors (Lipinski definition) is 3. The van der Waals surface area contributed by atoms with Gasteiger partial charge in [-0.3, -0.25) is 9.52 Å². The molecule has 3 N–H and O–H groups in total. The molecule has 1 aliphatic rings. The fraction of sp³-hybridized carbons (Fsp3) is 0.350. The molecule has 7 heteroatoms. The molecular formula is C20H25N3O3S. The molecule has 2 aromatic carbocycles. The predicted molar refractivity (Wildman–Crippen MR) is 107 cm³/mol. The van der Waals surface area contributed by atoms with Crippen LogP contribution in [0.25, 0.3) is 0 Å². The number of sulfonamides is 1. The van der Waals surface area contributed by atoms with E-state index in [2.05, 4.69) is 15.4 Å². The highest BCUT2D eigenvalue weighted by Crippen LogP contribution is 2.24. The number of hydrogen-bond acceptors (Lipinski definition) is 4. The van der Waals surface area contributed by atoms with Crippen molar-refractivity contribution in [1.82, 2.24) is 5.32 Å². The van der Waals surface area contributed by atoms with Crippen molar-refractivity contribution < 1.29 is 13.2 Å². The summed E-state index contributed by atoms with van der Waals surface area (Å²) in [6.07, 6.45) is 2.45. The fourth-order valence-electron chi connectivity index (χ4n) is 3.25. The molecule has 27 heavy (non-hydrogen) atoms. The molecule has 3 rings (SSSR count). The molecule has 0 saturated carbocycles. The van der Waals surface area contributed by atoms with Crippen molar-refractivity contribution in [3.05, 3.63) is 53.6 Å². The summed E-state index contributed by atoms with van der Waals surface area (Å²) in [4.78, 5) is 12.4. The lowest BCUT2D eigenvalue weighted by Crippen LogP contribution is -2.27. The van der Waals surface area contributed by atoms with Gasteiger partial charge in [0.25, 0.3) is 10.0 Å². The van der Waals surface area contributed by atoms with Gasteiger partial charge in [-0.2, -0.15) is 0 Å². The van der Waals surface area contributed by atoms with E-state index in [1.54, 1.807) is 37.3 Å². The van der Waals surface area contributed by atoms with Crippen molar-refractivity contribution in [3.63, 3.8) is 0 Å². The van der Waals surface area contributed by atoms with Crippen LogP contribution < -0.4 is 15.4 Å². The summed E-state index contributed by atoms with van der Waals surface area (Å²) in [5, 5.41) is 6.09. The van der Waals surface area contributed by atoms with Crippen LogP contribution in [-0.2, 0) is 14.8 Å². The molecule has 0 spiro atoms. The average molecular weight is 388 g/mol. The lowest BCUT2D eigenvalue weighted by molar-refractivity contribution is -0.116. The number of anilines is 2. The van der Waals surface area contributed by atoms with Gasteiger partial charge in [-0.25, -0.2) is 8.42 Å². The summed E-state index contributed by atoms with van der Waals surface area (Å²) in [5.74, 6) is -0.117. The maximum atomic E-state index is 12.8. The Balaban J connectivity index is 1.76. The van der Waals surface area contributed by atoms with Crippen LogP contribution in [0.3, 0.4) is 0 Å². The molecule has 1 unspecified atom stereocenters. The van der Waals surface area contributed by atoms with Crippen LogP contribution in [0.5, 0.6) is 0 Å². The molecule has 1 fully saturated rings. The normalized spacial score (nSPS) is 16.9. The standard InChI is InChI=1S/C20H25N3O3S/c1-14-5-3-6-18(11-14)23-27(25,26)19-12-17(9-8-15(19)2)22-20(24)13-16-7-4-10-21-16/h3,5-6,8-9,11-12,16,21,23H,4,7,10,13H2,1-2H3,(H,22,24). The number of nitrogens with one attached hydrogen (secondary N) is 3. The summed E-state index contributed by atoms with van der Waals surface area (Å²) in [5.41, 5.74) is 2.57. The van der Waals surface area contributed by atoms with Crippen LogP contribution in [0, 0.1) is 13.8 Å². The van der Waals surface area contributed by atoms with Crippen molar-refractivity contribution >= 4 is 27.3 Å². The Bertz CT molecular complexity index is 935. The van der Waals surface area contributed by atoms with Crippen molar-refractivity contribution in [2.75, 3.05) is 16.6 Å². The van der Waals surface area contributed by atoms with E-state index in [0.29, 0.717) is 23.4 Å². The van der Waals surface area contributed by atoms with Gasteiger partial charge < -0.3 is 10.6 Å². The molecule has 6 nitrogen and oxygen atoms in total. The summed E-state index contributed by atoms with van der Waals surface area (Å²) < 4.78 is 28.2. The van der Waals surface area contributed by atoms with Crippen molar-refractivity contribution in [3.8, 4) is 0 Å². The first-order valence-corrected chi connectivity index (χ1v) is 10.6. The summed E-state index contributed by atoms with van der Waals surface area (Å²) >= 11 is 0. The predicted octanol–water partition coefficient (Wildman–Crippen LogP) is 3.18. The molecule has 0 aromatic heterocycles. The van der Waals surface area contributed by atoms with Gasteiger partial charge in [-0.05, 0) is 68.6 Å². The number of rotatable bonds is 6. The Labute approximate surface area is 160 Å². The van der Waals surface area contributed by atoms with Gasteiger partial charge in [0.05, 0.1) is 4.90 Å². The van der Waals surface area contributed by atoms with E-state index in [1.165, 1.54) is 6.07 Å². The van der Waals surface area contributed by atoms with Crippen molar-refractivity contribution in [2.45, 2.75) is 44.0 Å². The molecule has 0 bridgehead atoms. The Morgan fingerprint density at radius 1 is 1.15 bits per heavy atom. The van der Waals surface area contributed by atoms with E-state index < -0.39 is 10.0 Å². The van der Waals surface area contributed by atoms with E-state index in [4.69, 9.17) is 0 Å². The smallest absolute Gasteiger partial charge is 0.262 e. The molecule has 0 radical (unpaired) electrons. The average Bonchev–Trinajstić information content (AvgIpc) is 3.09. The Morgan fingerprint density at radius 3 is 2.67 bits per heavy atom. The molecular weight excluding hydrogens is 362 g/mol. The molecule has 1 aliphatic heterocycles. The Kier molecular flexibility index (Phi) is 5.82. The molecule has 144 valence electrons. The van der Waals surface area contributed by atoms with Gasteiger partial charge in [0.2, 0.25) is 5.91 Å². The van der Waals surface area contributed by atoms with Crippen LogP contribution in [-0.4, -0.2) is 26.9 Å². The molecule has 1 atom stereocenters. The zero-order valence-corrected chi connectivity index (χ0v) is 16.4. The highest BCUT2D eigenvalue weighted by molar-refractivity contribution is 7.92. The largest absolute Gasteiger partial charge is 0.326 e. The van der Waals surface area contributed by atoms with Gasteiger partial charge >= 0.3 is 0 Å². The van der Waals surface area contributed by atoms with E-state index in [-0.39, 0.29) is 16.8 Å². The minimum Gasteiger partial charge on any atom is -0.326 e. The molecule has 1 amide bonds. The van der Waals surface area contributed by atoms with Crippen LogP contribution in [0.1, 0.15) is 30.4 Å².